The maximum absolute atomic E-state index is 13.4. The van der Waals surface area contributed by atoms with E-state index in [9.17, 15) is 4.79 Å². The largest absolute Gasteiger partial charge is 0.497 e. The minimum Gasteiger partial charge on any atom is -0.497 e. The molecule has 0 bridgehead atoms. The van der Waals surface area contributed by atoms with Gasteiger partial charge in [-0.2, -0.15) is 0 Å². The smallest absolute Gasteiger partial charge is 0.262 e. The van der Waals surface area contributed by atoms with Gasteiger partial charge < -0.3 is 4.74 Å². The van der Waals surface area contributed by atoms with Crippen LogP contribution in [0.25, 0.3) is 10.2 Å². The summed E-state index contributed by atoms with van der Waals surface area (Å²) in [5.41, 5.74) is 5.52. The normalized spacial score (nSPS) is 18.0. The Morgan fingerprint density at radius 1 is 1.09 bits per heavy atom. The van der Waals surface area contributed by atoms with Gasteiger partial charge in [0.25, 0.3) is 5.56 Å². The first kappa shape index (κ1) is 21.6. The summed E-state index contributed by atoms with van der Waals surface area (Å²) in [6, 6.07) is 17.4. The lowest BCUT2D eigenvalue weighted by Gasteiger charge is -2.37. The Kier molecular flexibility index (Phi) is 5.71. The zero-order chi connectivity index (χ0) is 23.1. The van der Waals surface area contributed by atoms with Crippen LogP contribution in [0.4, 0.5) is 0 Å². The number of hydrogen-bond acceptors (Lipinski definition) is 5. The highest BCUT2D eigenvalue weighted by atomic mass is 32.1. The molecule has 4 aromatic rings. The van der Waals surface area contributed by atoms with E-state index in [1.54, 1.807) is 29.3 Å². The molecular weight excluding hydrogens is 442 g/mol. The average Bonchev–Trinajstić information content (AvgIpc) is 3.27. The molecule has 0 N–H and O–H groups in total. The van der Waals surface area contributed by atoms with E-state index in [2.05, 4.69) is 41.3 Å². The Morgan fingerprint density at radius 3 is 2.74 bits per heavy atom. The summed E-state index contributed by atoms with van der Waals surface area (Å²) >= 11 is 1.73. The highest BCUT2D eigenvalue weighted by Gasteiger charge is 2.30. The molecule has 3 heterocycles. The van der Waals surface area contributed by atoms with Crippen molar-refractivity contribution in [3.8, 4) is 5.75 Å². The molecule has 1 atom stereocenters. The molecule has 1 aliphatic heterocycles. The quantitative estimate of drug-likeness (QED) is 0.426. The number of hydrogen-bond donors (Lipinski definition) is 0. The third-order valence-electron chi connectivity index (χ3n) is 7.49. The number of nitrogens with zero attached hydrogens (tertiary/aromatic N) is 3. The van der Waals surface area contributed by atoms with E-state index in [1.807, 2.05) is 12.1 Å². The Bertz CT molecular complexity index is 1390. The van der Waals surface area contributed by atoms with Gasteiger partial charge in [-0.3, -0.25) is 14.3 Å². The SMILES string of the molecule is COc1ccc(CCn2cnc3sc4c(c3c2=O)CC[C@H](N2CCc3ccccc3C2)C4)cc1. The van der Waals surface area contributed by atoms with Crippen molar-refractivity contribution in [1.82, 2.24) is 14.5 Å². The van der Waals surface area contributed by atoms with Crippen molar-refractivity contribution < 1.29 is 4.74 Å². The van der Waals surface area contributed by atoms with Crippen molar-refractivity contribution in [2.45, 2.75) is 51.2 Å². The van der Waals surface area contributed by atoms with E-state index in [4.69, 9.17) is 9.72 Å². The summed E-state index contributed by atoms with van der Waals surface area (Å²) in [6.45, 7) is 2.80. The van der Waals surface area contributed by atoms with Crippen LogP contribution in [0.3, 0.4) is 0 Å². The lowest BCUT2D eigenvalue weighted by molar-refractivity contribution is 0.164. The number of fused-ring (bicyclic) bond motifs is 4. The second kappa shape index (κ2) is 9.01. The van der Waals surface area contributed by atoms with Gasteiger partial charge in [-0.25, -0.2) is 4.98 Å². The van der Waals surface area contributed by atoms with Crippen molar-refractivity contribution in [3.63, 3.8) is 0 Å². The maximum Gasteiger partial charge on any atom is 0.262 e. The van der Waals surface area contributed by atoms with Gasteiger partial charge in [-0.1, -0.05) is 36.4 Å². The molecule has 34 heavy (non-hydrogen) atoms. The minimum atomic E-state index is 0.112. The van der Waals surface area contributed by atoms with E-state index in [0.29, 0.717) is 12.6 Å². The Balaban J connectivity index is 1.21. The second-order valence-corrected chi connectivity index (χ2v) is 10.5. The molecule has 0 unspecified atom stereocenters. The van der Waals surface area contributed by atoms with Crippen molar-refractivity contribution in [1.29, 1.82) is 0 Å². The Morgan fingerprint density at radius 2 is 1.91 bits per heavy atom. The summed E-state index contributed by atoms with van der Waals surface area (Å²) in [6.07, 6.45) is 6.77. The summed E-state index contributed by atoms with van der Waals surface area (Å²) < 4.78 is 7.02. The van der Waals surface area contributed by atoms with Crippen LogP contribution in [0.2, 0.25) is 0 Å². The molecule has 0 fully saturated rings. The van der Waals surface area contributed by atoms with Gasteiger partial charge in [0, 0.05) is 30.6 Å². The number of thiophene rings is 1. The fraction of sp³-hybridized carbons (Fsp3) is 0.357. The van der Waals surface area contributed by atoms with Crippen LogP contribution in [-0.4, -0.2) is 34.1 Å². The first-order valence-electron chi connectivity index (χ1n) is 12.1. The average molecular weight is 472 g/mol. The summed E-state index contributed by atoms with van der Waals surface area (Å²) in [5, 5.41) is 0.861. The van der Waals surface area contributed by atoms with Crippen LogP contribution >= 0.6 is 11.3 Å². The first-order valence-corrected chi connectivity index (χ1v) is 12.9. The first-order chi connectivity index (χ1) is 16.7. The van der Waals surface area contributed by atoms with Crippen LogP contribution in [0.15, 0.2) is 59.7 Å². The van der Waals surface area contributed by atoms with Gasteiger partial charge in [0.15, 0.2) is 0 Å². The van der Waals surface area contributed by atoms with Crippen molar-refractivity contribution in [2.75, 3.05) is 13.7 Å². The van der Waals surface area contributed by atoms with Gasteiger partial charge >= 0.3 is 0 Å². The van der Waals surface area contributed by atoms with Gasteiger partial charge in [-0.05, 0) is 66.5 Å². The van der Waals surface area contributed by atoms with Gasteiger partial charge in [0.1, 0.15) is 10.6 Å². The number of aromatic nitrogens is 2. The van der Waals surface area contributed by atoms with Crippen LogP contribution < -0.4 is 10.3 Å². The van der Waals surface area contributed by atoms with Crippen LogP contribution in [0, 0.1) is 0 Å². The zero-order valence-corrected chi connectivity index (χ0v) is 20.3. The number of benzene rings is 2. The van der Waals surface area contributed by atoms with E-state index >= 15 is 0 Å². The van der Waals surface area contributed by atoms with Crippen LogP contribution in [-0.2, 0) is 38.8 Å². The molecule has 0 radical (unpaired) electrons. The minimum absolute atomic E-state index is 0.112. The van der Waals surface area contributed by atoms with E-state index in [-0.39, 0.29) is 5.56 Å². The number of rotatable bonds is 5. The van der Waals surface area contributed by atoms with Crippen molar-refractivity contribution >= 4 is 21.6 Å². The fourth-order valence-electron chi connectivity index (χ4n) is 5.53. The zero-order valence-electron chi connectivity index (χ0n) is 19.5. The molecule has 0 saturated carbocycles. The second-order valence-electron chi connectivity index (χ2n) is 9.41. The molecule has 0 spiro atoms. The van der Waals surface area contributed by atoms with Gasteiger partial charge in [0.2, 0.25) is 0 Å². The molecule has 6 rings (SSSR count). The Labute approximate surface area is 203 Å². The van der Waals surface area contributed by atoms with E-state index < -0.39 is 0 Å². The number of ether oxygens (including phenoxy) is 1. The number of aryl methyl sites for hydroxylation is 3. The van der Waals surface area contributed by atoms with Gasteiger partial charge in [-0.15, -0.1) is 11.3 Å². The summed E-state index contributed by atoms with van der Waals surface area (Å²) in [7, 11) is 1.67. The lowest BCUT2D eigenvalue weighted by Crippen LogP contribution is -2.42. The molecule has 2 aliphatic rings. The lowest BCUT2D eigenvalue weighted by atomic mass is 9.90. The summed E-state index contributed by atoms with van der Waals surface area (Å²) in [5.74, 6) is 0.848. The Hall–Kier alpha value is -2.96. The monoisotopic (exact) mass is 471 g/mol. The topological polar surface area (TPSA) is 47.4 Å². The van der Waals surface area contributed by atoms with Crippen molar-refractivity contribution in [3.05, 3.63) is 92.3 Å². The molecule has 1 aliphatic carbocycles. The highest BCUT2D eigenvalue weighted by molar-refractivity contribution is 7.18. The summed E-state index contributed by atoms with van der Waals surface area (Å²) in [4.78, 5) is 23.0. The molecule has 174 valence electrons. The van der Waals surface area contributed by atoms with Crippen molar-refractivity contribution in [2.24, 2.45) is 0 Å². The number of methoxy groups -OCH3 is 1. The molecule has 0 amide bonds. The molecular formula is C28H29N3O2S. The molecule has 2 aromatic carbocycles. The molecule has 5 nitrogen and oxygen atoms in total. The fourth-order valence-corrected chi connectivity index (χ4v) is 6.77. The van der Waals surface area contributed by atoms with Gasteiger partial charge in [0.05, 0.1) is 18.8 Å². The van der Waals surface area contributed by atoms with Crippen LogP contribution in [0.1, 0.15) is 33.6 Å². The maximum atomic E-state index is 13.4. The highest BCUT2D eigenvalue weighted by Crippen LogP contribution is 2.36. The van der Waals surface area contributed by atoms with E-state index in [0.717, 1.165) is 61.2 Å². The van der Waals surface area contributed by atoms with E-state index in [1.165, 1.54) is 27.1 Å². The third kappa shape index (κ3) is 3.95. The molecule has 6 heteroatoms. The van der Waals surface area contributed by atoms with Crippen LogP contribution in [0.5, 0.6) is 5.75 Å². The molecule has 0 saturated heterocycles. The predicted octanol–water partition coefficient (Wildman–Crippen LogP) is 4.62. The third-order valence-corrected chi connectivity index (χ3v) is 8.65. The predicted molar refractivity (Wildman–Crippen MR) is 137 cm³/mol. The molecule has 2 aromatic heterocycles. The standard InChI is InChI=1S/C28H29N3O2S/c1-33-23-9-6-19(7-10-23)12-14-31-18-29-27-26(28(31)32)24-11-8-22(16-25(24)34-27)30-15-13-20-4-2-3-5-21(20)17-30/h2-7,9-10,18,22H,8,11-17H2,1H3/t22-/m0/s1.